The SMILES string of the molecule is CC(C)c1ccc(-n2nnnc2SCC(=O)NC(=O)NC2CCCC2)cc1. The lowest BCUT2D eigenvalue weighted by atomic mass is 10.0. The number of hydrogen-bond acceptors (Lipinski definition) is 6. The van der Waals surface area contributed by atoms with E-state index in [4.69, 9.17) is 0 Å². The van der Waals surface area contributed by atoms with Crippen molar-refractivity contribution < 1.29 is 9.59 Å². The zero-order valence-electron chi connectivity index (χ0n) is 15.5. The van der Waals surface area contributed by atoms with E-state index in [1.807, 2.05) is 24.3 Å². The molecule has 1 aliphatic carbocycles. The number of amides is 3. The predicted molar refractivity (Wildman–Crippen MR) is 103 cm³/mol. The molecule has 0 aliphatic heterocycles. The van der Waals surface area contributed by atoms with Gasteiger partial charge in [0.1, 0.15) is 0 Å². The van der Waals surface area contributed by atoms with E-state index >= 15 is 0 Å². The molecular weight excluding hydrogens is 364 g/mol. The Hall–Kier alpha value is -2.42. The Morgan fingerprint density at radius 1 is 1.22 bits per heavy atom. The van der Waals surface area contributed by atoms with Crippen LogP contribution in [0.1, 0.15) is 51.0 Å². The lowest BCUT2D eigenvalue weighted by Gasteiger charge is -2.12. The number of nitrogens with zero attached hydrogens (tertiary/aromatic N) is 4. The number of nitrogens with one attached hydrogen (secondary N) is 2. The molecule has 8 nitrogen and oxygen atoms in total. The third-order valence-electron chi connectivity index (χ3n) is 4.52. The van der Waals surface area contributed by atoms with E-state index in [0.717, 1.165) is 31.4 Å². The maximum absolute atomic E-state index is 12.0. The fourth-order valence-electron chi connectivity index (χ4n) is 3.02. The number of imide groups is 1. The van der Waals surface area contributed by atoms with Crippen LogP contribution in [-0.4, -0.2) is 43.9 Å². The number of urea groups is 1. The molecule has 27 heavy (non-hydrogen) atoms. The van der Waals surface area contributed by atoms with Crippen LogP contribution >= 0.6 is 11.8 Å². The fraction of sp³-hybridized carbons (Fsp3) is 0.500. The Morgan fingerprint density at radius 2 is 1.93 bits per heavy atom. The second-order valence-electron chi connectivity index (χ2n) is 6.91. The van der Waals surface area contributed by atoms with E-state index in [-0.39, 0.29) is 17.7 Å². The van der Waals surface area contributed by atoms with Crippen molar-refractivity contribution in [3.63, 3.8) is 0 Å². The molecule has 1 aromatic heterocycles. The maximum Gasteiger partial charge on any atom is 0.321 e. The molecule has 3 rings (SSSR count). The zero-order chi connectivity index (χ0) is 19.2. The Labute approximate surface area is 162 Å². The quantitative estimate of drug-likeness (QED) is 0.738. The van der Waals surface area contributed by atoms with Crippen LogP contribution in [0.4, 0.5) is 4.79 Å². The van der Waals surface area contributed by atoms with E-state index in [1.54, 1.807) is 4.68 Å². The molecule has 1 saturated carbocycles. The summed E-state index contributed by atoms with van der Waals surface area (Å²) in [5, 5.41) is 17.3. The first-order chi connectivity index (χ1) is 13.0. The second-order valence-corrected chi connectivity index (χ2v) is 7.85. The van der Waals surface area contributed by atoms with Gasteiger partial charge < -0.3 is 5.32 Å². The van der Waals surface area contributed by atoms with Gasteiger partial charge in [-0.1, -0.05) is 50.6 Å². The van der Waals surface area contributed by atoms with Crippen LogP contribution in [0, 0.1) is 0 Å². The van der Waals surface area contributed by atoms with Crippen molar-refractivity contribution in [3.05, 3.63) is 29.8 Å². The van der Waals surface area contributed by atoms with Crippen molar-refractivity contribution in [1.29, 1.82) is 0 Å². The van der Waals surface area contributed by atoms with E-state index in [2.05, 4.69) is 40.0 Å². The summed E-state index contributed by atoms with van der Waals surface area (Å²) in [4.78, 5) is 23.9. The smallest absolute Gasteiger partial charge is 0.321 e. The third kappa shape index (κ3) is 5.29. The largest absolute Gasteiger partial charge is 0.335 e. The minimum Gasteiger partial charge on any atom is -0.335 e. The Bertz CT molecular complexity index is 783. The normalized spacial score (nSPS) is 14.5. The van der Waals surface area contributed by atoms with Gasteiger partial charge in [-0.2, -0.15) is 4.68 Å². The Kier molecular flexibility index (Phi) is 6.44. The van der Waals surface area contributed by atoms with Gasteiger partial charge in [-0.15, -0.1) is 5.10 Å². The molecule has 144 valence electrons. The zero-order valence-corrected chi connectivity index (χ0v) is 16.3. The number of carbonyl (C=O) groups is 2. The first kappa shape index (κ1) is 19.3. The summed E-state index contributed by atoms with van der Waals surface area (Å²) in [6.45, 7) is 4.27. The van der Waals surface area contributed by atoms with Gasteiger partial charge in [-0.25, -0.2) is 4.79 Å². The molecule has 0 radical (unpaired) electrons. The van der Waals surface area contributed by atoms with Gasteiger partial charge in [-0.05, 0) is 46.9 Å². The molecule has 0 bridgehead atoms. The summed E-state index contributed by atoms with van der Waals surface area (Å²) in [6.07, 6.45) is 4.19. The summed E-state index contributed by atoms with van der Waals surface area (Å²) >= 11 is 1.19. The van der Waals surface area contributed by atoms with Crippen molar-refractivity contribution in [2.75, 3.05) is 5.75 Å². The monoisotopic (exact) mass is 388 g/mol. The number of benzene rings is 1. The van der Waals surface area contributed by atoms with Gasteiger partial charge in [0.2, 0.25) is 11.1 Å². The van der Waals surface area contributed by atoms with Crippen molar-refractivity contribution in [2.45, 2.75) is 56.6 Å². The fourth-order valence-corrected chi connectivity index (χ4v) is 3.71. The first-order valence-corrected chi connectivity index (χ1v) is 10.1. The molecule has 1 aliphatic rings. The molecule has 1 heterocycles. The number of hydrogen-bond donors (Lipinski definition) is 2. The summed E-state index contributed by atoms with van der Waals surface area (Å²) in [7, 11) is 0. The predicted octanol–water partition coefficient (Wildman–Crippen LogP) is 2.65. The van der Waals surface area contributed by atoms with E-state index in [1.165, 1.54) is 17.3 Å². The van der Waals surface area contributed by atoms with Gasteiger partial charge >= 0.3 is 6.03 Å². The minimum absolute atomic E-state index is 0.0581. The Balaban J connectivity index is 1.53. The van der Waals surface area contributed by atoms with E-state index in [9.17, 15) is 9.59 Å². The van der Waals surface area contributed by atoms with E-state index in [0.29, 0.717) is 11.1 Å². The van der Waals surface area contributed by atoms with Crippen LogP contribution in [-0.2, 0) is 4.79 Å². The van der Waals surface area contributed by atoms with Gasteiger partial charge in [0.25, 0.3) is 0 Å². The molecular formula is C18H24N6O2S. The molecule has 0 spiro atoms. The van der Waals surface area contributed by atoms with Crippen LogP contribution in [0.2, 0.25) is 0 Å². The molecule has 2 aromatic rings. The third-order valence-corrected chi connectivity index (χ3v) is 5.44. The van der Waals surface area contributed by atoms with Crippen LogP contribution in [0.15, 0.2) is 29.4 Å². The molecule has 0 unspecified atom stereocenters. The molecule has 2 N–H and O–H groups in total. The number of rotatable bonds is 6. The summed E-state index contributed by atoms with van der Waals surface area (Å²) in [5.41, 5.74) is 2.06. The number of aromatic nitrogens is 4. The topological polar surface area (TPSA) is 102 Å². The standard InChI is InChI=1S/C18H24N6O2S/c1-12(2)13-7-9-15(10-8-13)24-18(21-22-23-24)27-11-16(25)20-17(26)19-14-5-3-4-6-14/h7-10,12,14H,3-6,11H2,1-2H3,(H2,19,20,25,26). The van der Waals surface area contributed by atoms with Crippen LogP contribution in [0.5, 0.6) is 0 Å². The maximum atomic E-state index is 12.0. The summed E-state index contributed by atoms with van der Waals surface area (Å²) in [5.74, 6) is 0.128. The lowest BCUT2D eigenvalue weighted by molar-refractivity contribution is -0.117. The van der Waals surface area contributed by atoms with Crippen LogP contribution < -0.4 is 10.6 Å². The summed E-state index contributed by atoms with van der Waals surface area (Å²) in [6, 6.07) is 7.71. The molecule has 1 fully saturated rings. The first-order valence-electron chi connectivity index (χ1n) is 9.15. The highest BCUT2D eigenvalue weighted by molar-refractivity contribution is 7.99. The minimum atomic E-state index is -0.434. The number of thioether (sulfide) groups is 1. The average molecular weight is 388 g/mol. The van der Waals surface area contributed by atoms with Crippen molar-refractivity contribution >= 4 is 23.7 Å². The van der Waals surface area contributed by atoms with Gasteiger partial charge in [0, 0.05) is 6.04 Å². The molecule has 3 amide bonds. The Morgan fingerprint density at radius 3 is 2.59 bits per heavy atom. The second kappa shape index (κ2) is 8.98. The molecule has 0 atom stereocenters. The number of carbonyl (C=O) groups excluding carboxylic acids is 2. The van der Waals surface area contributed by atoms with Crippen LogP contribution in [0.3, 0.4) is 0 Å². The van der Waals surface area contributed by atoms with Crippen molar-refractivity contribution in [2.24, 2.45) is 0 Å². The van der Waals surface area contributed by atoms with Gasteiger partial charge in [0.15, 0.2) is 0 Å². The molecule has 1 aromatic carbocycles. The highest BCUT2D eigenvalue weighted by atomic mass is 32.2. The summed E-state index contributed by atoms with van der Waals surface area (Å²) < 4.78 is 1.58. The van der Waals surface area contributed by atoms with Gasteiger partial charge in [-0.3, -0.25) is 10.1 Å². The van der Waals surface area contributed by atoms with Crippen molar-refractivity contribution in [3.8, 4) is 5.69 Å². The van der Waals surface area contributed by atoms with Gasteiger partial charge in [0.05, 0.1) is 11.4 Å². The van der Waals surface area contributed by atoms with E-state index < -0.39 is 6.03 Å². The lowest BCUT2D eigenvalue weighted by Crippen LogP contribution is -2.44. The average Bonchev–Trinajstić information content (AvgIpc) is 3.31. The van der Waals surface area contributed by atoms with Crippen molar-refractivity contribution in [1.82, 2.24) is 30.8 Å². The molecule has 9 heteroatoms. The highest BCUT2D eigenvalue weighted by Crippen LogP contribution is 2.21. The number of tetrazole rings is 1. The van der Waals surface area contributed by atoms with Crippen LogP contribution in [0.25, 0.3) is 5.69 Å². The molecule has 0 saturated heterocycles. The highest BCUT2D eigenvalue weighted by Gasteiger charge is 2.19.